The van der Waals surface area contributed by atoms with E-state index in [0.717, 1.165) is 22.9 Å². The molecule has 1 heterocycles. The second-order valence-corrected chi connectivity index (χ2v) is 8.68. The number of thioether (sulfide) groups is 1. The smallest absolute Gasteiger partial charge is 0.325 e. The Bertz CT molecular complexity index is 1310. The lowest BCUT2D eigenvalue weighted by Crippen LogP contribution is -2.20. The topological polar surface area (TPSA) is 54.9 Å². The molecule has 0 aliphatic carbocycles. The Morgan fingerprint density at radius 3 is 2.36 bits per heavy atom. The van der Waals surface area contributed by atoms with Crippen molar-refractivity contribution in [3.63, 3.8) is 0 Å². The lowest BCUT2D eigenvalue weighted by atomic mass is 10.1. The maximum absolute atomic E-state index is 13.5. The molecular formula is C25H20F3N3OS. The van der Waals surface area contributed by atoms with E-state index in [4.69, 9.17) is 0 Å². The van der Waals surface area contributed by atoms with Crippen LogP contribution in [0.5, 0.6) is 0 Å². The van der Waals surface area contributed by atoms with Gasteiger partial charge in [-0.25, -0.2) is 9.97 Å². The number of anilines is 1. The van der Waals surface area contributed by atoms with Gasteiger partial charge in [-0.2, -0.15) is 13.2 Å². The lowest BCUT2D eigenvalue weighted by molar-refractivity contribution is -0.145. The number of hydrogen-bond acceptors (Lipinski definition) is 4. The van der Waals surface area contributed by atoms with E-state index in [1.807, 2.05) is 38.1 Å². The number of carbonyl (C=O) groups is 1. The van der Waals surface area contributed by atoms with Gasteiger partial charge in [0.1, 0.15) is 10.3 Å². The quantitative estimate of drug-likeness (QED) is 0.261. The molecule has 4 aromatic rings. The summed E-state index contributed by atoms with van der Waals surface area (Å²) in [4.78, 5) is 20.9. The zero-order chi connectivity index (χ0) is 23.6. The van der Waals surface area contributed by atoms with Crippen LogP contribution in [0.15, 0.2) is 77.8 Å². The number of hydrogen-bond donors (Lipinski definition) is 1. The monoisotopic (exact) mass is 467 g/mol. The van der Waals surface area contributed by atoms with Crippen LogP contribution in [-0.4, -0.2) is 15.9 Å². The molecule has 1 N–H and O–H groups in total. The standard InChI is InChI=1S/C25H20F3N3OS/c1-15-12-13-16(2)20(14-15)29-22(32)21(17-8-4-3-5-9-17)33-23-18-10-6-7-11-19(18)30-24(31-23)25(26,27)28/h3-14,21H,1-2H3,(H,29,32)/t21-/m1/s1. The first-order valence-corrected chi connectivity index (χ1v) is 11.0. The number of nitrogens with one attached hydrogen (secondary N) is 1. The number of halogens is 3. The van der Waals surface area contributed by atoms with E-state index in [-0.39, 0.29) is 16.4 Å². The van der Waals surface area contributed by atoms with Gasteiger partial charge in [0, 0.05) is 11.1 Å². The lowest BCUT2D eigenvalue weighted by Gasteiger charge is -2.19. The molecule has 0 spiro atoms. The van der Waals surface area contributed by atoms with Crippen LogP contribution in [0.25, 0.3) is 10.9 Å². The minimum atomic E-state index is -4.71. The summed E-state index contributed by atoms with van der Waals surface area (Å²) >= 11 is 0.976. The Morgan fingerprint density at radius 1 is 0.939 bits per heavy atom. The van der Waals surface area contributed by atoms with Gasteiger partial charge >= 0.3 is 6.18 Å². The average Bonchev–Trinajstić information content (AvgIpc) is 2.79. The van der Waals surface area contributed by atoms with Gasteiger partial charge in [0.15, 0.2) is 0 Å². The number of para-hydroxylation sites is 1. The van der Waals surface area contributed by atoms with E-state index in [2.05, 4.69) is 15.3 Å². The third kappa shape index (κ3) is 5.17. The second-order valence-electron chi connectivity index (χ2n) is 7.58. The van der Waals surface area contributed by atoms with Gasteiger partial charge in [0.25, 0.3) is 0 Å². The van der Waals surface area contributed by atoms with Crippen LogP contribution in [0.1, 0.15) is 27.8 Å². The van der Waals surface area contributed by atoms with Crippen molar-refractivity contribution in [1.82, 2.24) is 9.97 Å². The number of aromatic nitrogens is 2. The van der Waals surface area contributed by atoms with Gasteiger partial charge in [-0.3, -0.25) is 4.79 Å². The largest absolute Gasteiger partial charge is 0.451 e. The average molecular weight is 468 g/mol. The van der Waals surface area contributed by atoms with E-state index in [0.29, 0.717) is 16.6 Å². The molecule has 0 fully saturated rings. The van der Waals surface area contributed by atoms with Crippen LogP contribution >= 0.6 is 11.8 Å². The molecule has 1 amide bonds. The molecule has 0 saturated carbocycles. The van der Waals surface area contributed by atoms with Gasteiger partial charge in [-0.05, 0) is 42.7 Å². The van der Waals surface area contributed by atoms with Crippen LogP contribution in [0.2, 0.25) is 0 Å². The Hall–Kier alpha value is -3.39. The van der Waals surface area contributed by atoms with Crippen LogP contribution in [-0.2, 0) is 11.0 Å². The Morgan fingerprint density at radius 2 is 1.64 bits per heavy atom. The number of fused-ring (bicyclic) bond motifs is 1. The third-order valence-electron chi connectivity index (χ3n) is 5.04. The Labute approximate surface area is 193 Å². The molecule has 33 heavy (non-hydrogen) atoms. The molecule has 4 rings (SSSR count). The number of amides is 1. The van der Waals surface area contributed by atoms with Crippen molar-refractivity contribution < 1.29 is 18.0 Å². The highest BCUT2D eigenvalue weighted by atomic mass is 32.2. The predicted octanol–water partition coefficient (Wildman–Crippen LogP) is 6.74. The van der Waals surface area contributed by atoms with Crippen molar-refractivity contribution in [2.75, 3.05) is 5.32 Å². The first-order chi connectivity index (χ1) is 15.7. The van der Waals surface area contributed by atoms with E-state index >= 15 is 0 Å². The molecule has 3 aromatic carbocycles. The van der Waals surface area contributed by atoms with Crippen LogP contribution in [0, 0.1) is 13.8 Å². The summed E-state index contributed by atoms with van der Waals surface area (Å²) in [7, 11) is 0. The number of nitrogens with zero attached hydrogens (tertiary/aromatic N) is 2. The summed E-state index contributed by atoms with van der Waals surface area (Å²) in [5.74, 6) is -1.58. The first-order valence-electron chi connectivity index (χ1n) is 10.2. The highest BCUT2D eigenvalue weighted by Crippen LogP contribution is 2.40. The van der Waals surface area contributed by atoms with Crippen LogP contribution in [0.3, 0.4) is 0 Å². The molecule has 0 aliphatic heterocycles. The van der Waals surface area contributed by atoms with Gasteiger partial charge in [-0.15, -0.1) is 0 Å². The molecule has 168 valence electrons. The van der Waals surface area contributed by atoms with Crippen molar-refractivity contribution in [2.45, 2.75) is 30.3 Å². The SMILES string of the molecule is Cc1ccc(C)c(NC(=O)[C@H](Sc2nc(C(F)(F)F)nc3ccccc23)c2ccccc2)c1. The van der Waals surface area contributed by atoms with E-state index in [1.54, 1.807) is 42.5 Å². The van der Waals surface area contributed by atoms with Crippen molar-refractivity contribution >= 4 is 34.3 Å². The van der Waals surface area contributed by atoms with Gasteiger partial charge in [0.05, 0.1) is 5.52 Å². The zero-order valence-electron chi connectivity index (χ0n) is 17.9. The fourth-order valence-electron chi connectivity index (χ4n) is 3.35. The van der Waals surface area contributed by atoms with Crippen molar-refractivity contribution in [2.24, 2.45) is 0 Å². The maximum atomic E-state index is 13.5. The number of alkyl halides is 3. The highest BCUT2D eigenvalue weighted by Gasteiger charge is 2.36. The van der Waals surface area contributed by atoms with Crippen molar-refractivity contribution in [3.8, 4) is 0 Å². The molecule has 0 aliphatic rings. The summed E-state index contributed by atoms with van der Waals surface area (Å²) in [6, 6.07) is 21.1. The van der Waals surface area contributed by atoms with Crippen LogP contribution < -0.4 is 5.32 Å². The first kappa shape index (κ1) is 22.8. The van der Waals surface area contributed by atoms with Crippen LogP contribution in [0.4, 0.5) is 18.9 Å². The van der Waals surface area contributed by atoms with Gasteiger partial charge in [0.2, 0.25) is 11.7 Å². The fourth-order valence-corrected chi connectivity index (χ4v) is 4.47. The molecule has 8 heteroatoms. The summed E-state index contributed by atoms with van der Waals surface area (Å²) in [6.07, 6.45) is -4.71. The Balaban J connectivity index is 1.78. The minimum Gasteiger partial charge on any atom is -0.325 e. The molecule has 0 bridgehead atoms. The van der Waals surface area contributed by atoms with E-state index in [1.165, 1.54) is 6.07 Å². The maximum Gasteiger partial charge on any atom is 0.451 e. The van der Waals surface area contributed by atoms with E-state index in [9.17, 15) is 18.0 Å². The highest BCUT2D eigenvalue weighted by molar-refractivity contribution is 8.00. The summed E-state index contributed by atoms with van der Waals surface area (Å²) in [5.41, 5.74) is 3.35. The fraction of sp³-hybridized carbons (Fsp3) is 0.160. The third-order valence-corrected chi connectivity index (χ3v) is 6.30. The molecule has 1 atom stereocenters. The number of aryl methyl sites for hydroxylation is 2. The van der Waals surface area contributed by atoms with Crippen molar-refractivity contribution in [3.05, 3.63) is 95.3 Å². The molecule has 0 unspecified atom stereocenters. The van der Waals surface area contributed by atoms with Gasteiger partial charge < -0.3 is 5.32 Å². The van der Waals surface area contributed by atoms with E-state index < -0.39 is 17.3 Å². The number of benzene rings is 3. The molecular weight excluding hydrogens is 447 g/mol. The zero-order valence-corrected chi connectivity index (χ0v) is 18.7. The number of rotatable bonds is 5. The predicted molar refractivity (Wildman–Crippen MR) is 124 cm³/mol. The number of carbonyl (C=O) groups excluding carboxylic acids is 1. The molecule has 1 aromatic heterocycles. The summed E-state index contributed by atoms with van der Waals surface area (Å²) in [6.45, 7) is 3.80. The summed E-state index contributed by atoms with van der Waals surface area (Å²) < 4.78 is 40.4. The van der Waals surface area contributed by atoms with Crippen molar-refractivity contribution in [1.29, 1.82) is 0 Å². The molecule has 4 nitrogen and oxygen atoms in total. The normalized spacial score (nSPS) is 12.5. The second kappa shape index (κ2) is 9.23. The van der Waals surface area contributed by atoms with Gasteiger partial charge in [-0.1, -0.05) is 72.4 Å². The molecule has 0 radical (unpaired) electrons. The Kier molecular flexibility index (Phi) is 6.37. The molecule has 0 saturated heterocycles. The minimum absolute atomic E-state index is 0.0953. The summed E-state index contributed by atoms with van der Waals surface area (Å²) in [5, 5.41) is 2.66.